The molecule has 0 spiro atoms. The van der Waals surface area contributed by atoms with Gasteiger partial charge in [0.05, 0.1) is 31.9 Å². The largest absolute Gasteiger partial charge is 0.497 e. The van der Waals surface area contributed by atoms with Crippen molar-refractivity contribution in [3.8, 4) is 17.2 Å². The molecule has 1 fully saturated rings. The smallest absolute Gasteiger partial charge is 0.270 e. The number of thioether (sulfide) groups is 1. The maximum absolute atomic E-state index is 12.9. The fraction of sp³-hybridized carbons (Fsp3) is 0.158. The molecule has 1 aliphatic heterocycles. The number of carbonyl (C=O) groups excluding carboxylic acids is 1. The lowest BCUT2D eigenvalue weighted by Crippen LogP contribution is -2.27. The number of hydrogen-bond donors (Lipinski definition) is 0. The number of carbonyl (C=O) groups is 1. The average molecular weight is 387 g/mol. The van der Waals surface area contributed by atoms with E-state index in [-0.39, 0.29) is 5.91 Å². The predicted octanol–water partition coefficient (Wildman–Crippen LogP) is 4.12. The SMILES string of the molecule is COc1cccc(N2C(=O)/C(=C/c3ccc(OC)c(OC)c3)SC2=S)c1. The molecule has 0 unspecified atom stereocenters. The first-order valence-corrected chi connectivity index (χ1v) is 8.94. The molecule has 0 aliphatic carbocycles. The van der Waals surface area contributed by atoms with Gasteiger partial charge in [-0.1, -0.05) is 36.1 Å². The van der Waals surface area contributed by atoms with Gasteiger partial charge in [-0.2, -0.15) is 0 Å². The van der Waals surface area contributed by atoms with Crippen LogP contribution in [0.15, 0.2) is 47.4 Å². The van der Waals surface area contributed by atoms with E-state index in [1.54, 1.807) is 39.5 Å². The normalized spacial score (nSPS) is 15.5. The fourth-order valence-electron chi connectivity index (χ4n) is 2.53. The molecule has 1 amide bonds. The summed E-state index contributed by atoms with van der Waals surface area (Å²) in [6.45, 7) is 0. The lowest BCUT2D eigenvalue weighted by Gasteiger charge is -2.15. The zero-order valence-electron chi connectivity index (χ0n) is 14.5. The number of rotatable bonds is 5. The zero-order valence-corrected chi connectivity index (χ0v) is 16.1. The molecule has 1 saturated heterocycles. The second-order valence-electron chi connectivity index (χ2n) is 5.33. The highest BCUT2D eigenvalue weighted by atomic mass is 32.2. The molecule has 0 bridgehead atoms. The zero-order chi connectivity index (χ0) is 18.7. The third kappa shape index (κ3) is 3.54. The van der Waals surface area contributed by atoms with Crippen LogP contribution in [0, 0.1) is 0 Å². The van der Waals surface area contributed by atoms with Gasteiger partial charge in [-0.15, -0.1) is 0 Å². The maximum atomic E-state index is 12.9. The van der Waals surface area contributed by atoms with E-state index in [0.717, 1.165) is 5.56 Å². The molecule has 7 heteroatoms. The minimum absolute atomic E-state index is 0.164. The molecule has 1 aliphatic rings. The first-order chi connectivity index (χ1) is 12.6. The van der Waals surface area contributed by atoms with E-state index in [1.807, 2.05) is 30.3 Å². The van der Waals surface area contributed by atoms with Gasteiger partial charge in [0.1, 0.15) is 5.75 Å². The Kier molecular flexibility index (Phi) is 5.49. The van der Waals surface area contributed by atoms with Crippen molar-refractivity contribution in [2.45, 2.75) is 0 Å². The summed E-state index contributed by atoms with van der Waals surface area (Å²) in [6.07, 6.45) is 1.79. The fourth-order valence-corrected chi connectivity index (χ4v) is 3.83. The predicted molar refractivity (Wildman–Crippen MR) is 108 cm³/mol. The molecular formula is C19H17NO4S2. The summed E-state index contributed by atoms with van der Waals surface area (Å²) < 4.78 is 16.3. The van der Waals surface area contributed by atoms with Crippen LogP contribution < -0.4 is 19.1 Å². The van der Waals surface area contributed by atoms with Gasteiger partial charge in [-0.25, -0.2) is 0 Å². The number of nitrogens with zero attached hydrogens (tertiary/aromatic N) is 1. The van der Waals surface area contributed by atoms with Gasteiger partial charge in [-0.3, -0.25) is 9.69 Å². The van der Waals surface area contributed by atoms with Crippen LogP contribution >= 0.6 is 24.0 Å². The van der Waals surface area contributed by atoms with Crippen LogP contribution in [0.25, 0.3) is 6.08 Å². The van der Waals surface area contributed by atoms with Crippen molar-refractivity contribution in [3.63, 3.8) is 0 Å². The Bertz CT molecular complexity index is 895. The third-order valence-corrected chi connectivity index (χ3v) is 5.11. The van der Waals surface area contributed by atoms with Crippen molar-refractivity contribution in [1.29, 1.82) is 0 Å². The van der Waals surface area contributed by atoms with Gasteiger partial charge in [0, 0.05) is 6.07 Å². The van der Waals surface area contributed by atoms with Crippen molar-refractivity contribution in [3.05, 3.63) is 52.9 Å². The van der Waals surface area contributed by atoms with Crippen molar-refractivity contribution in [1.82, 2.24) is 0 Å². The number of hydrogen-bond acceptors (Lipinski definition) is 6. The molecule has 134 valence electrons. The van der Waals surface area contributed by atoms with Gasteiger partial charge in [0.15, 0.2) is 15.8 Å². The van der Waals surface area contributed by atoms with E-state index in [9.17, 15) is 4.79 Å². The van der Waals surface area contributed by atoms with Crippen molar-refractivity contribution >= 4 is 46.0 Å². The van der Waals surface area contributed by atoms with Crippen LogP contribution in [-0.2, 0) is 4.79 Å². The Hall–Kier alpha value is -2.51. The van der Waals surface area contributed by atoms with Crippen molar-refractivity contribution in [2.24, 2.45) is 0 Å². The average Bonchev–Trinajstić information content (AvgIpc) is 2.94. The Labute approximate surface area is 161 Å². The summed E-state index contributed by atoms with van der Waals surface area (Å²) in [4.78, 5) is 14.9. The molecule has 0 saturated carbocycles. The topological polar surface area (TPSA) is 48.0 Å². The molecule has 5 nitrogen and oxygen atoms in total. The number of thiocarbonyl (C=S) groups is 1. The summed E-state index contributed by atoms with van der Waals surface area (Å²) in [5, 5.41) is 0. The molecule has 0 radical (unpaired) electrons. The number of amides is 1. The van der Waals surface area contributed by atoms with Crippen LogP contribution in [-0.4, -0.2) is 31.6 Å². The summed E-state index contributed by atoms with van der Waals surface area (Å²) >= 11 is 6.67. The van der Waals surface area contributed by atoms with Crippen LogP contribution in [0.4, 0.5) is 5.69 Å². The van der Waals surface area contributed by atoms with Gasteiger partial charge in [0.2, 0.25) is 0 Å². The van der Waals surface area contributed by atoms with Crippen molar-refractivity contribution < 1.29 is 19.0 Å². The van der Waals surface area contributed by atoms with Gasteiger partial charge in [0.25, 0.3) is 5.91 Å². The van der Waals surface area contributed by atoms with Gasteiger partial charge in [-0.05, 0) is 35.9 Å². The lowest BCUT2D eigenvalue weighted by atomic mass is 10.2. The summed E-state index contributed by atoms with van der Waals surface area (Å²) in [5.41, 5.74) is 1.51. The molecule has 2 aromatic carbocycles. The molecule has 2 aromatic rings. The van der Waals surface area contributed by atoms with E-state index in [1.165, 1.54) is 16.7 Å². The van der Waals surface area contributed by atoms with Crippen LogP contribution in [0.1, 0.15) is 5.56 Å². The minimum Gasteiger partial charge on any atom is -0.497 e. The van der Waals surface area contributed by atoms with E-state index in [0.29, 0.717) is 32.2 Å². The summed E-state index contributed by atoms with van der Waals surface area (Å²) in [6, 6.07) is 12.7. The number of benzene rings is 2. The third-order valence-electron chi connectivity index (χ3n) is 3.81. The van der Waals surface area contributed by atoms with Gasteiger partial charge < -0.3 is 14.2 Å². The number of anilines is 1. The molecule has 0 N–H and O–H groups in total. The summed E-state index contributed by atoms with van der Waals surface area (Å²) in [5.74, 6) is 1.74. The Morgan fingerprint density at radius 3 is 2.46 bits per heavy atom. The maximum Gasteiger partial charge on any atom is 0.270 e. The van der Waals surface area contributed by atoms with E-state index in [2.05, 4.69) is 0 Å². The monoisotopic (exact) mass is 387 g/mol. The second kappa shape index (κ2) is 7.80. The minimum atomic E-state index is -0.164. The Balaban J connectivity index is 1.92. The number of ether oxygens (including phenoxy) is 3. The highest BCUT2D eigenvalue weighted by molar-refractivity contribution is 8.27. The molecule has 1 heterocycles. The first kappa shape index (κ1) is 18.3. The standard InChI is InChI=1S/C19H17NO4S2/c1-22-14-6-4-5-13(11-14)20-18(21)17(26-19(20)25)10-12-7-8-15(23-2)16(9-12)24-3/h4-11H,1-3H3/b17-10-. The molecular weight excluding hydrogens is 370 g/mol. The molecule has 3 rings (SSSR count). The molecule has 0 atom stereocenters. The molecule has 0 aromatic heterocycles. The van der Waals surface area contributed by atoms with Crippen LogP contribution in [0.3, 0.4) is 0 Å². The summed E-state index contributed by atoms with van der Waals surface area (Å²) in [7, 11) is 4.74. The van der Waals surface area contributed by atoms with Crippen molar-refractivity contribution in [2.75, 3.05) is 26.2 Å². The van der Waals surface area contributed by atoms with E-state index < -0.39 is 0 Å². The molecule has 26 heavy (non-hydrogen) atoms. The van der Waals surface area contributed by atoms with Crippen LogP contribution in [0.2, 0.25) is 0 Å². The highest BCUT2D eigenvalue weighted by Gasteiger charge is 2.33. The van der Waals surface area contributed by atoms with Crippen LogP contribution in [0.5, 0.6) is 17.2 Å². The van der Waals surface area contributed by atoms with Gasteiger partial charge >= 0.3 is 0 Å². The van der Waals surface area contributed by atoms with E-state index in [4.69, 9.17) is 26.4 Å². The Morgan fingerprint density at radius 1 is 1.00 bits per heavy atom. The van der Waals surface area contributed by atoms with E-state index >= 15 is 0 Å². The first-order valence-electron chi connectivity index (χ1n) is 7.71. The second-order valence-corrected chi connectivity index (χ2v) is 7.01. The highest BCUT2D eigenvalue weighted by Crippen LogP contribution is 2.37. The lowest BCUT2D eigenvalue weighted by molar-refractivity contribution is -0.113. The number of methoxy groups -OCH3 is 3. The quantitative estimate of drug-likeness (QED) is 0.568. The Morgan fingerprint density at radius 2 is 1.77 bits per heavy atom.